The monoisotopic (exact) mass is 245 g/mol. The average Bonchev–Trinajstić information content (AvgIpc) is 2.78. The Morgan fingerprint density at radius 2 is 1.94 bits per heavy atom. The third kappa shape index (κ3) is 1.89. The smallest absolute Gasteiger partial charge is 0.181 e. The van der Waals surface area contributed by atoms with E-state index in [0.29, 0.717) is 11.5 Å². The normalized spacial score (nSPS) is 10.8. The lowest BCUT2D eigenvalue weighted by Crippen LogP contribution is -1.92. The van der Waals surface area contributed by atoms with E-state index in [1.165, 1.54) is 24.4 Å². The van der Waals surface area contributed by atoms with Crippen LogP contribution < -0.4 is 5.73 Å². The number of nitrogen functional groups attached to an aromatic ring is 1. The van der Waals surface area contributed by atoms with Crippen molar-refractivity contribution in [3.05, 3.63) is 25.0 Å². The fourth-order valence-corrected chi connectivity index (χ4v) is 2.16. The lowest BCUT2D eigenvalue weighted by molar-refractivity contribution is 1.04. The van der Waals surface area contributed by atoms with Crippen LogP contribution in [-0.2, 0) is 0 Å². The summed E-state index contributed by atoms with van der Waals surface area (Å²) < 4.78 is 0. The minimum Gasteiger partial charge on any atom is -0.384 e. The number of nitrogens with two attached hydrogens (primary N) is 1. The zero-order valence-corrected chi connectivity index (χ0v) is 9.35. The minimum absolute atomic E-state index is 0.428. The summed E-state index contributed by atoms with van der Waals surface area (Å²) in [4.78, 5) is 23.2. The maximum atomic E-state index is 5.59. The Morgan fingerprint density at radius 3 is 2.82 bits per heavy atom. The third-order valence-electron chi connectivity index (χ3n) is 2.05. The molecule has 8 heteroatoms. The lowest BCUT2D eigenvalue weighted by Gasteiger charge is -2.00. The molecule has 3 heterocycles. The van der Waals surface area contributed by atoms with Gasteiger partial charge in [0.15, 0.2) is 5.65 Å². The van der Waals surface area contributed by atoms with Crippen LogP contribution in [0.3, 0.4) is 0 Å². The Balaban J connectivity index is 2.02. The fourth-order valence-electron chi connectivity index (χ4n) is 1.33. The summed E-state index contributed by atoms with van der Waals surface area (Å²) in [6.07, 6.45) is 4.47. The van der Waals surface area contributed by atoms with Crippen LogP contribution in [-0.4, -0.2) is 29.9 Å². The van der Waals surface area contributed by atoms with Gasteiger partial charge in [0, 0.05) is 6.07 Å². The van der Waals surface area contributed by atoms with Gasteiger partial charge in [0.25, 0.3) is 0 Å². The van der Waals surface area contributed by atoms with Crippen molar-refractivity contribution >= 4 is 28.7 Å². The summed E-state index contributed by atoms with van der Waals surface area (Å²) in [5, 5.41) is 1.48. The number of aromatic amines is 1. The first kappa shape index (κ1) is 9.97. The zero-order valence-electron chi connectivity index (χ0n) is 8.53. The highest BCUT2D eigenvalue weighted by atomic mass is 32.2. The van der Waals surface area contributed by atoms with Crippen molar-refractivity contribution in [2.24, 2.45) is 0 Å². The summed E-state index contributed by atoms with van der Waals surface area (Å²) in [5.41, 5.74) is 7.00. The minimum atomic E-state index is 0.428. The molecule has 0 amide bonds. The molecule has 0 radical (unpaired) electrons. The second-order valence-corrected chi connectivity index (χ2v) is 4.17. The number of nitrogens with one attached hydrogen (secondary N) is 1. The maximum absolute atomic E-state index is 5.59. The number of hydrogen-bond acceptors (Lipinski definition) is 7. The highest BCUT2D eigenvalue weighted by Crippen LogP contribution is 2.28. The standard InChI is InChI=1S/C9H7N7S/c10-5-1-6(12-2-11-5)17-9-7-8(14-3-13-7)15-4-16-9/h1-4H,(H2,10,11,12)(H,13,14,15,16). The van der Waals surface area contributed by atoms with Gasteiger partial charge >= 0.3 is 0 Å². The first-order valence-corrected chi connectivity index (χ1v) is 5.54. The Morgan fingerprint density at radius 1 is 1.06 bits per heavy atom. The number of fused-ring (bicyclic) bond motifs is 1. The molecule has 3 aromatic heterocycles. The number of anilines is 1. The van der Waals surface area contributed by atoms with E-state index in [9.17, 15) is 0 Å². The van der Waals surface area contributed by atoms with Crippen molar-refractivity contribution in [1.29, 1.82) is 0 Å². The van der Waals surface area contributed by atoms with Crippen molar-refractivity contribution in [2.75, 3.05) is 5.73 Å². The lowest BCUT2D eigenvalue weighted by atomic mass is 10.6. The van der Waals surface area contributed by atoms with E-state index in [4.69, 9.17) is 5.73 Å². The molecule has 0 aliphatic heterocycles. The number of nitrogens with zero attached hydrogens (tertiary/aromatic N) is 5. The topological polar surface area (TPSA) is 106 Å². The van der Waals surface area contributed by atoms with Gasteiger partial charge in [-0.2, -0.15) is 0 Å². The molecule has 0 aliphatic carbocycles. The van der Waals surface area contributed by atoms with Crippen LogP contribution in [0.2, 0.25) is 0 Å². The highest BCUT2D eigenvalue weighted by Gasteiger charge is 2.08. The van der Waals surface area contributed by atoms with Crippen LogP contribution in [0.5, 0.6) is 0 Å². The van der Waals surface area contributed by atoms with Crippen molar-refractivity contribution in [3.8, 4) is 0 Å². The summed E-state index contributed by atoms with van der Waals surface area (Å²) in [7, 11) is 0. The molecule has 0 bridgehead atoms. The van der Waals surface area contributed by atoms with Gasteiger partial charge in [0.05, 0.1) is 6.33 Å². The maximum Gasteiger partial charge on any atom is 0.181 e. The van der Waals surface area contributed by atoms with Gasteiger partial charge < -0.3 is 10.7 Å². The van der Waals surface area contributed by atoms with Gasteiger partial charge in [-0.05, 0) is 11.8 Å². The second-order valence-electron chi connectivity index (χ2n) is 3.16. The molecule has 3 N–H and O–H groups in total. The van der Waals surface area contributed by atoms with Gasteiger partial charge in [-0.25, -0.2) is 24.9 Å². The molecule has 0 aromatic carbocycles. The molecular weight excluding hydrogens is 238 g/mol. The molecule has 7 nitrogen and oxygen atoms in total. The molecule has 0 fully saturated rings. The van der Waals surface area contributed by atoms with Crippen LogP contribution >= 0.6 is 11.8 Å². The van der Waals surface area contributed by atoms with E-state index < -0.39 is 0 Å². The van der Waals surface area contributed by atoms with Crippen molar-refractivity contribution < 1.29 is 0 Å². The van der Waals surface area contributed by atoms with Gasteiger partial charge in [-0.3, -0.25) is 0 Å². The van der Waals surface area contributed by atoms with Crippen LogP contribution in [0, 0.1) is 0 Å². The Bertz CT molecular complexity index is 665. The molecular formula is C9H7N7S. The molecule has 0 unspecified atom stereocenters. The number of aromatic nitrogens is 6. The predicted molar refractivity (Wildman–Crippen MR) is 62.3 cm³/mol. The van der Waals surface area contributed by atoms with Crippen molar-refractivity contribution in [3.63, 3.8) is 0 Å². The van der Waals surface area contributed by atoms with Crippen LogP contribution in [0.15, 0.2) is 35.1 Å². The van der Waals surface area contributed by atoms with Gasteiger partial charge in [0.2, 0.25) is 0 Å². The van der Waals surface area contributed by atoms with Crippen LogP contribution in [0.25, 0.3) is 11.2 Å². The predicted octanol–water partition coefficient (Wildman–Crippen LogP) is 0.876. The SMILES string of the molecule is Nc1cc(Sc2ncnc3nc[nH]c23)ncn1. The summed E-state index contributed by atoms with van der Waals surface area (Å²) >= 11 is 1.38. The zero-order chi connectivity index (χ0) is 11.7. The van der Waals surface area contributed by atoms with E-state index in [-0.39, 0.29) is 0 Å². The van der Waals surface area contributed by atoms with Crippen LogP contribution in [0.1, 0.15) is 0 Å². The molecule has 84 valence electrons. The van der Waals surface area contributed by atoms with E-state index in [0.717, 1.165) is 15.6 Å². The van der Waals surface area contributed by atoms with E-state index in [2.05, 4.69) is 29.9 Å². The van der Waals surface area contributed by atoms with E-state index in [1.54, 1.807) is 12.4 Å². The summed E-state index contributed by atoms with van der Waals surface area (Å²) in [6, 6.07) is 1.69. The van der Waals surface area contributed by atoms with Crippen molar-refractivity contribution in [2.45, 2.75) is 10.1 Å². The summed E-state index contributed by atoms with van der Waals surface area (Å²) in [5.74, 6) is 0.428. The summed E-state index contributed by atoms with van der Waals surface area (Å²) in [6.45, 7) is 0. The molecule has 0 saturated heterocycles. The number of hydrogen-bond donors (Lipinski definition) is 2. The first-order valence-electron chi connectivity index (χ1n) is 4.72. The highest BCUT2D eigenvalue weighted by molar-refractivity contribution is 7.99. The molecule has 0 spiro atoms. The molecule has 3 aromatic rings. The second kappa shape index (κ2) is 3.98. The number of imidazole rings is 1. The van der Waals surface area contributed by atoms with E-state index in [1.807, 2.05) is 0 Å². The number of H-pyrrole nitrogens is 1. The molecule has 0 atom stereocenters. The van der Waals surface area contributed by atoms with Crippen molar-refractivity contribution in [1.82, 2.24) is 29.9 Å². The number of rotatable bonds is 2. The van der Waals surface area contributed by atoms with Gasteiger partial charge in [-0.1, -0.05) is 0 Å². The van der Waals surface area contributed by atoms with Crippen LogP contribution in [0.4, 0.5) is 5.82 Å². The largest absolute Gasteiger partial charge is 0.384 e. The molecule has 0 saturated carbocycles. The Hall–Kier alpha value is -2.22. The quantitative estimate of drug-likeness (QED) is 0.645. The van der Waals surface area contributed by atoms with E-state index >= 15 is 0 Å². The first-order chi connectivity index (χ1) is 8.33. The average molecular weight is 245 g/mol. The fraction of sp³-hybridized carbons (Fsp3) is 0. The Labute approximate surface area is 99.9 Å². The van der Waals surface area contributed by atoms with Gasteiger partial charge in [0.1, 0.15) is 34.0 Å². The molecule has 0 aliphatic rings. The van der Waals surface area contributed by atoms with Gasteiger partial charge in [-0.15, -0.1) is 0 Å². The molecule has 3 rings (SSSR count). The molecule has 17 heavy (non-hydrogen) atoms. The third-order valence-corrected chi connectivity index (χ3v) is 2.99. The Kier molecular flexibility index (Phi) is 2.33.